The van der Waals surface area contributed by atoms with Gasteiger partial charge in [-0.2, -0.15) is 0 Å². The van der Waals surface area contributed by atoms with Crippen molar-refractivity contribution in [1.29, 1.82) is 0 Å². The van der Waals surface area contributed by atoms with Gasteiger partial charge in [0.05, 0.1) is 0 Å². The van der Waals surface area contributed by atoms with Crippen LogP contribution >= 0.6 is 0 Å². The van der Waals surface area contributed by atoms with Crippen LogP contribution in [0.5, 0.6) is 0 Å². The average Bonchev–Trinajstić information content (AvgIpc) is 3.20. The Morgan fingerprint density at radius 3 is 2.19 bits per heavy atom. The number of hydrogen-bond donors (Lipinski definition) is 1. The summed E-state index contributed by atoms with van der Waals surface area (Å²) < 4.78 is 0. The van der Waals surface area contributed by atoms with Gasteiger partial charge in [-0.25, -0.2) is 0 Å². The van der Waals surface area contributed by atoms with Crippen LogP contribution in [0.1, 0.15) is 66.7 Å². The summed E-state index contributed by atoms with van der Waals surface area (Å²) in [6.45, 7) is 14.7. The fourth-order valence-corrected chi connectivity index (χ4v) is 4.06. The Labute approximate surface area is 133 Å². The van der Waals surface area contributed by atoms with E-state index in [-0.39, 0.29) is 0 Å². The molecule has 3 atom stereocenters. The monoisotopic (exact) mass is 294 g/mol. The molecule has 0 saturated heterocycles. The molecule has 2 rings (SSSR count). The van der Waals surface area contributed by atoms with Gasteiger partial charge in [0.2, 0.25) is 0 Å². The summed E-state index contributed by atoms with van der Waals surface area (Å²) in [5.41, 5.74) is 0.468. The highest BCUT2D eigenvalue weighted by atomic mass is 15.2. The second-order valence-corrected chi connectivity index (χ2v) is 9.02. The summed E-state index contributed by atoms with van der Waals surface area (Å²) in [6.07, 6.45) is 7.10. The first-order valence-corrected chi connectivity index (χ1v) is 9.22. The quantitative estimate of drug-likeness (QED) is 0.791. The third-order valence-electron chi connectivity index (χ3n) is 5.97. The first kappa shape index (κ1) is 17.3. The molecule has 0 radical (unpaired) electrons. The highest BCUT2D eigenvalue weighted by Gasteiger charge is 2.37. The Hall–Kier alpha value is -0.0800. The summed E-state index contributed by atoms with van der Waals surface area (Å²) in [7, 11) is 2.16. The van der Waals surface area contributed by atoms with Crippen LogP contribution in [0.4, 0.5) is 0 Å². The maximum absolute atomic E-state index is 3.61. The van der Waals surface area contributed by atoms with E-state index in [9.17, 15) is 0 Å². The summed E-state index contributed by atoms with van der Waals surface area (Å²) in [6, 6.07) is 1.42. The Balaban J connectivity index is 1.98. The van der Waals surface area contributed by atoms with Crippen molar-refractivity contribution < 1.29 is 0 Å². The molecule has 2 aliphatic carbocycles. The van der Waals surface area contributed by atoms with Gasteiger partial charge in [0.15, 0.2) is 0 Å². The normalized spacial score (nSPS) is 31.1. The molecular formula is C19H38N2. The van der Waals surface area contributed by atoms with Gasteiger partial charge in [0.25, 0.3) is 0 Å². The maximum atomic E-state index is 3.61. The lowest BCUT2D eigenvalue weighted by Crippen LogP contribution is -2.48. The molecule has 2 fully saturated rings. The van der Waals surface area contributed by atoms with Crippen LogP contribution in [0.15, 0.2) is 0 Å². The van der Waals surface area contributed by atoms with E-state index in [0.717, 1.165) is 23.8 Å². The zero-order chi connectivity index (χ0) is 15.6. The Bertz CT molecular complexity index is 314. The van der Waals surface area contributed by atoms with E-state index in [1.165, 1.54) is 45.2 Å². The van der Waals surface area contributed by atoms with E-state index in [1.807, 2.05) is 0 Å². The minimum absolute atomic E-state index is 0.468. The molecule has 2 heteroatoms. The van der Waals surface area contributed by atoms with E-state index >= 15 is 0 Å². The molecule has 124 valence electrons. The minimum Gasteiger partial charge on any atom is -0.317 e. The molecule has 1 N–H and O–H groups in total. The summed E-state index contributed by atoms with van der Waals surface area (Å²) in [4.78, 5) is 2.76. The number of rotatable bonds is 6. The standard InChI is InChI=1S/C19H38N2/c1-14(2)21(12-15-7-8-15)13-16-11-17(19(3,4)5)9-10-18(16)20-6/h14-18,20H,7-13H2,1-6H3. The fourth-order valence-electron chi connectivity index (χ4n) is 4.06. The van der Waals surface area contributed by atoms with E-state index in [2.05, 4.69) is 51.9 Å². The smallest absolute Gasteiger partial charge is 0.0105 e. The first-order chi connectivity index (χ1) is 9.81. The Morgan fingerprint density at radius 2 is 1.71 bits per heavy atom. The molecule has 2 saturated carbocycles. The van der Waals surface area contributed by atoms with Gasteiger partial charge in [0, 0.05) is 25.2 Å². The van der Waals surface area contributed by atoms with Crippen LogP contribution in [-0.2, 0) is 0 Å². The third kappa shape index (κ3) is 4.96. The van der Waals surface area contributed by atoms with Crippen molar-refractivity contribution in [2.45, 2.75) is 78.8 Å². The topological polar surface area (TPSA) is 15.3 Å². The molecule has 0 bridgehead atoms. The average molecular weight is 295 g/mol. The van der Waals surface area contributed by atoms with Crippen molar-refractivity contribution in [2.24, 2.45) is 23.2 Å². The third-order valence-corrected chi connectivity index (χ3v) is 5.97. The zero-order valence-corrected chi connectivity index (χ0v) is 15.3. The summed E-state index contributed by atoms with van der Waals surface area (Å²) in [5.74, 6) is 2.72. The SMILES string of the molecule is CNC1CCC(C(C)(C)C)CC1CN(CC1CC1)C(C)C. The Kier molecular flexibility index (Phi) is 5.76. The van der Waals surface area contributed by atoms with Crippen molar-refractivity contribution >= 4 is 0 Å². The second-order valence-electron chi connectivity index (χ2n) is 9.02. The van der Waals surface area contributed by atoms with Crippen LogP contribution in [-0.4, -0.2) is 37.1 Å². The lowest BCUT2D eigenvalue weighted by Gasteiger charge is -2.44. The van der Waals surface area contributed by atoms with Crippen molar-refractivity contribution in [3.63, 3.8) is 0 Å². The van der Waals surface area contributed by atoms with Crippen molar-refractivity contribution in [3.05, 3.63) is 0 Å². The molecule has 3 unspecified atom stereocenters. The molecule has 0 spiro atoms. The molecular weight excluding hydrogens is 256 g/mol. The predicted molar refractivity (Wildman–Crippen MR) is 92.6 cm³/mol. The minimum atomic E-state index is 0.468. The molecule has 0 aromatic carbocycles. The van der Waals surface area contributed by atoms with E-state index < -0.39 is 0 Å². The molecule has 2 aliphatic rings. The van der Waals surface area contributed by atoms with Gasteiger partial charge in [0.1, 0.15) is 0 Å². The van der Waals surface area contributed by atoms with Gasteiger partial charge >= 0.3 is 0 Å². The largest absolute Gasteiger partial charge is 0.317 e. The zero-order valence-electron chi connectivity index (χ0n) is 15.3. The van der Waals surface area contributed by atoms with Crippen LogP contribution in [0.25, 0.3) is 0 Å². The molecule has 0 heterocycles. The van der Waals surface area contributed by atoms with Crippen molar-refractivity contribution in [1.82, 2.24) is 10.2 Å². The molecule has 0 aromatic heterocycles. The van der Waals surface area contributed by atoms with Crippen LogP contribution in [0, 0.1) is 23.2 Å². The lowest BCUT2D eigenvalue weighted by molar-refractivity contribution is 0.0783. The number of hydrogen-bond acceptors (Lipinski definition) is 2. The van der Waals surface area contributed by atoms with E-state index in [4.69, 9.17) is 0 Å². The lowest BCUT2D eigenvalue weighted by atomic mass is 9.67. The van der Waals surface area contributed by atoms with Crippen LogP contribution < -0.4 is 5.32 Å². The van der Waals surface area contributed by atoms with Gasteiger partial charge in [-0.05, 0) is 76.2 Å². The predicted octanol–water partition coefficient (Wildman–Crippen LogP) is 4.16. The molecule has 0 aromatic rings. The van der Waals surface area contributed by atoms with Crippen LogP contribution in [0.3, 0.4) is 0 Å². The first-order valence-electron chi connectivity index (χ1n) is 9.22. The van der Waals surface area contributed by atoms with Gasteiger partial charge in [-0.15, -0.1) is 0 Å². The van der Waals surface area contributed by atoms with Gasteiger partial charge < -0.3 is 10.2 Å². The van der Waals surface area contributed by atoms with E-state index in [0.29, 0.717) is 11.5 Å². The Morgan fingerprint density at radius 1 is 1.05 bits per heavy atom. The number of nitrogens with zero attached hydrogens (tertiary/aromatic N) is 1. The van der Waals surface area contributed by atoms with Crippen molar-refractivity contribution in [2.75, 3.05) is 20.1 Å². The number of nitrogens with one attached hydrogen (secondary N) is 1. The van der Waals surface area contributed by atoms with Gasteiger partial charge in [-0.1, -0.05) is 20.8 Å². The molecule has 21 heavy (non-hydrogen) atoms. The second kappa shape index (κ2) is 7.00. The summed E-state index contributed by atoms with van der Waals surface area (Å²) >= 11 is 0. The molecule has 2 nitrogen and oxygen atoms in total. The van der Waals surface area contributed by atoms with Crippen LogP contribution in [0.2, 0.25) is 0 Å². The summed E-state index contributed by atoms with van der Waals surface area (Å²) in [5, 5.41) is 3.61. The fraction of sp³-hybridized carbons (Fsp3) is 1.00. The molecule has 0 amide bonds. The van der Waals surface area contributed by atoms with Crippen molar-refractivity contribution in [3.8, 4) is 0 Å². The highest BCUT2D eigenvalue weighted by Crippen LogP contribution is 2.41. The van der Waals surface area contributed by atoms with Gasteiger partial charge in [-0.3, -0.25) is 0 Å². The molecule has 0 aliphatic heterocycles. The van der Waals surface area contributed by atoms with E-state index in [1.54, 1.807) is 0 Å². The maximum Gasteiger partial charge on any atom is 0.0105 e. The highest BCUT2D eigenvalue weighted by molar-refractivity contribution is 4.91.